The van der Waals surface area contributed by atoms with Gasteiger partial charge in [0.1, 0.15) is 0 Å². The third-order valence-electron chi connectivity index (χ3n) is 2.94. The summed E-state index contributed by atoms with van der Waals surface area (Å²) in [6, 6.07) is 13.9. The molecule has 0 aliphatic heterocycles. The van der Waals surface area contributed by atoms with Gasteiger partial charge in [0.15, 0.2) is 0 Å². The van der Waals surface area contributed by atoms with E-state index in [0.29, 0.717) is 27.5 Å². The molecule has 0 atom stereocenters. The molecule has 0 fully saturated rings. The van der Waals surface area contributed by atoms with Crippen molar-refractivity contribution in [3.05, 3.63) is 69.2 Å². The van der Waals surface area contributed by atoms with Gasteiger partial charge in [0.2, 0.25) is 5.89 Å². The number of nitro groups is 1. The van der Waals surface area contributed by atoms with Gasteiger partial charge in [-0.3, -0.25) is 10.1 Å². The Labute approximate surface area is 140 Å². The molecule has 0 saturated heterocycles. The number of nitrogens with zero attached hydrogens (tertiary/aromatic N) is 3. The van der Waals surface area contributed by atoms with Crippen LogP contribution in [0.15, 0.2) is 58.2 Å². The highest BCUT2D eigenvalue weighted by molar-refractivity contribution is 7.98. The second kappa shape index (κ2) is 6.80. The molecule has 0 aliphatic carbocycles. The van der Waals surface area contributed by atoms with E-state index in [2.05, 4.69) is 10.2 Å². The molecule has 2 aromatic carbocycles. The quantitative estimate of drug-likeness (QED) is 0.381. The predicted octanol–water partition coefficient (Wildman–Crippen LogP) is 4.59. The van der Waals surface area contributed by atoms with E-state index in [0.717, 1.165) is 5.56 Å². The van der Waals surface area contributed by atoms with Gasteiger partial charge in [0.25, 0.3) is 10.9 Å². The van der Waals surface area contributed by atoms with Crippen LogP contribution in [0.4, 0.5) is 5.69 Å². The SMILES string of the molecule is O=[N+]([O-])c1cc(Cl)cc(CSc2nnc(-c3ccccc3)o2)c1. The Morgan fingerprint density at radius 2 is 1.96 bits per heavy atom. The summed E-state index contributed by atoms with van der Waals surface area (Å²) in [7, 11) is 0. The molecule has 1 heterocycles. The minimum atomic E-state index is -0.472. The van der Waals surface area contributed by atoms with E-state index in [-0.39, 0.29) is 5.69 Å². The molecule has 0 N–H and O–H groups in total. The van der Waals surface area contributed by atoms with Crippen LogP contribution in [0.25, 0.3) is 11.5 Å². The highest BCUT2D eigenvalue weighted by Gasteiger charge is 2.12. The minimum absolute atomic E-state index is 0.0383. The van der Waals surface area contributed by atoms with Gasteiger partial charge in [0, 0.05) is 28.5 Å². The number of aromatic nitrogens is 2. The molecule has 0 bridgehead atoms. The van der Waals surface area contributed by atoms with E-state index < -0.39 is 4.92 Å². The standard InChI is InChI=1S/C15H10ClN3O3S/c16-12-6-10(7-13(8-12)19(20)21)9-23-15-18-17-14(22-15)11-4-2-1-3-5-11/h1-8H,9H2. The highest BCUT2D eigenvalue weighted by Crippen LogP contribution is 2.28. The van der Waals surface area contributed by atoms with Gasteiger partial charge >= 0.3 is 0 Å². The lowest BCUT2D eigenvalue weighted by Crippen LogP contribution is -1.90. The molecule has 0 spiro atoms. The van der Waals surface area contributed by atoms with E-state index in [4.69, 9.17) is 16.0 Å². The molecular weight excluding hydrogens is 338 g/mol. The van der Waals surface area contributed by atoms with Gasteiger partial charge < -0.3 is 4.42 Å². The summed E-state index contributed by atoms with van der Waals surface area (Å²) in [6.45, 7) is 0. The average Bonchev–Trinajstić information content (AvgIpc) is 3.02. The Kier molecular flexibility index (Phi) is 4.59. The van der Waals surface area contributed by atoms with Gasteiger partial charge in [-0.05, 0) is 23.8 Å². The van der Waals surface area contributed by atoms with Gasteiger partial charge in [-0.1, -0.05) is 41.6 Å². The number of rotatable bonds is 5. The maximum Gasteiger partial charge on any atom is 0.277 e. The maximum absolute atomic E-state index is 10.8. The molecule has 0 amide bonds. The van der Waals surface area contributed by atoms with Crippen molar-refractivity contribution in [1.29, 1.82) is 0 Å². The van der Waals surface area contributed by atoms with Crippen molar-refractivity contribution >= 4 is 29.1 Å². The lowest BCUT2D eigenvalue weighted by atomic mass is 10.2. The van der Waals surface area contributed by atoms with Crippen LogP contribution in [0.2, 0.25) is 5.02 Å². The smallest absolute Gasteiger partial charge is 0.277 e. The maximum atomic E-state index is 10.8. The zero-order valence-corrected chi connectivity index (χ0v) is 13.3. The van der Waals surface area contributed by atoms with Crippen LogP contribution in [-0.2, 0) is 5.75 Å². The Morgan fingerprint density at radius 3 is 2.70 bits per heavy atom. The second-order valence-electron chi connectivity index (χ2n) is 4.60. The first-order valence-electron chi connectivity index (χ1n) is 6.57. The number of halogens is 1. The first-order valence-corrected chi connectivity index (χ1v) is 7.94. The number of hydrogen-bond acceptors (Lipinski definition) is 6. The molecule has 3 rings (SSSR count). The van der Waals surface area contributed by atoms with Gasteiger partial charge in [-0.25, -0.2) is 0 Å². The molecule has 6 nitrogen and oxygen atoms in total. The fourth-order valence-corrected chi connectivity index (χ4v) is 2.88. The summed E-state index contributed by atoms with van der Waals surface area (Å²) in [5.74, 6) is 0.878. The summed E-state index contributed by atoms with van der Waals surface area (Å²) in [5.41, 5.74) is 1.52. The van der Waals surface area contributed by atoms with Crippen molar-refractivity contribution in [1.82, 2.24) is 10.2 Å². The van der Waals surface area contributed by atoms with Crippen LogP contribution in [0, 0.1) is 10.1 Å². The van der Waals surface area contributed by atoms with E-state index in [1.54, 1.807) is 6.07 Å². The van der Waals surface area contributed by atoms with E-state index >= 15 is 0 Å². The van der Waals surface area contributed by atoms with Gasteiger partial charge in [-0.2, -0.15) is 0 Å². The molecule has 0 radical (unpaired) electrons. The lowest BCUT2D eigenvalue weighted by molar-refractivity contribution is -0.384. The monoisotopic (exact) mass is 347 g/mol. The molecule has 3 aromatic rings. The molecule has 0 aliphatic rings. The van der Waals surface area contributed by atoms with Gasteiger partial charge in [0.05, 0.1) is 4.92 Å². The molecule has 1 aromatic heterocycles. The molecule has 8 heteroatoms. The van der Waals surface area contributed by atoms with Gasteiger partial charge in [-0.15, -0.1) is 10.2 Å². The molecule has 116 valence electrons. The highest BCUT2D eigenvalue weighted by atomic mass is 35.5. The number of non-ortho nitro benzene ring substituents is 1. The molecular formula is C15H10ClN3O3S. The van der Waals surface area contributed by atoms with Crippen molar-refractivity contribution in [3.63, 3.8) is 0 Å². The van der Waals surface area contributed by atoms with E-state index in [9.17, 15) is 10.1 Å². The van der Waals surface area contributed by atoms with E-state index in [1.165, 1.54) is 23.9 Å². The van der Waals surface area contributed by atoms with Crippen molar-refractivity contribution in [2.75, 3.05) is 0 Å². The number of benzene rings is 2. The Hall–Kier alpha value is -2.38. The first-order chi connectivity index (χ1) is 11.1. The fraction of sp³-hybridized carbons (Fsp3) is 0.0667. The first kappa shape index (κ1) is 15.5. The van der Waals surface area contributed by atoms with Crippen molar-refractivity contribution in [2.45, 2.75) is 11.0 Å². The van der Waals surface area contributed by atoms with Crippen LogP contribution in [0.5, 0.6) is 0 Å². The minimum Gasteiger partial charge on any atom is -0.411 e. The molecule has 0 unspecified atom stereocenters. The van der Waals surface area contributed by atoms with Crippen molar-refractivity contribution in [2.24, 2.45) is 0 Å². The zero-order valence-electron chi connectivity index (χ0n) is 11.7. The molecule has 0 saturated carbocycles. The van der Waals surface area contributed by atoms with Crippen LogP contribution < -0.4 is 0 Å². The molecule has 23 heavy (non-hydrogen) atoms. The summed E-state index contributed by atoms with van der Waals surface area (Å²) in [6.07, 6.45) is 0. The van der Waals surface area contributed by atoms with Crippen molar-refractivity contribution in [3.8, 4) is 11.5 Å². The zero-order chi connectivity index (χ0) is 16.2. The normalized spacial score (nSPS) is 10.7. The fourth-order valence-electron chi connectivity index (χ4n) is 1.93. The number of thioether (sulfide) groups is 1. The van der Waals surface area contributed by atoms with Crippen LogP contribution in [0.3, 0.4) is 0 Å². The van der Waals surface area contributed by atoms with Crippen LogP contribution >= 0.6 is 23.4 Å². The van der Waals surface area contributed by atoms with E-state index in [1.807, 2.05) is 30.3 Å². The third-order valence-corrected chi connectivity index (χ3v) is 4.05. The lowest BCUT2D eigenvalue weighted by Gasteiger charge is -2.00. The Bertz CT molecular complexity index is 839. The van der Waals surface area contributed by atoms with Crippen molar-refractivity contribution < 1.29 is 9.34 Å². The largest absolute Gasteiger partial charge is 0.411 e. The average molecular weight is 348 g/mol. The predicted molar refractivity (Wildman–Crippen MR) is 87.4 cm³/mol. The second-order valence-corrected chi connectivity index (χ2v) is 5.97. The summed E-state index contributed by atoms with van der Waals surface area (Å²) >= 11 is 7.19. The Balaban J connectivity index is 1.72. The third kappa shape index (κ3) is 3.88. The van der Waals surface area contributed by atoms with Crippen LogP contribution in [-0.4, -0.2) is 15.1 Å². The van der Waals surface area contributed by atoms with Crippen LogP contribution in [0.1, 0.15) is 5.56 Å². The summed E-state index contributed by atoms with van der Waals surface area (Å²) in [5, 5.41) is 19.5. The number of nitro benzene ring substituents is 1. The summed E-state index contributed by atoms with van der Waals surface area (Å²) in [4.78, 5) is 10.4. The number of hydrogen-bond donors (Lipinski definition) is 0. The summed E-state index contributed by atoms with van der Waals surface area (Å²) < 4.78 is 5.57. The topological polar surface area (TPSA) is 82.1 Å². The Morgan fingerprint density at radius 1 is 1.17 bits per heavy atom.